The van der Waals surface area contributed by atoms with E-state index >= 15 is 0 Å². The van der Waals surface area contributed by atoms with Crippen LogP contribution in [-0.4, -0.2) is 30.3 Å². The first kappa shape index (κ1) is 17.2. The number of sulfonamides is 1. The zero-order valence-corrected chi connectivity index (χ0v) is 15.0. The number of halogens is 1. The second kappa shape index (κ2) is 6.73. The van der Waals surface area contributed by atoms with E-state index in [1.54, 1.807) is 36.5 Å². The second-order valence-electron chi connectivity index (χ2n) is 5.27. The SMILES string of the molecule is COc1ccc(NS(=O)(=O)c2cnn(-c3ncc(C)cc3Cl)c2)cc1. The van der Waals surface area contributed by atoms with Crippen LogP contribution >= 0.6 is 11.6 Å². The number of aryl methyl sites for hydroxylation is 1. The summed E-state index contributed by atoms with van der Waals surface area (Å²) in [7, 11) is -2.25. The maximum absolute atomic E-state index is 12.5. The van der Waals surface area contributed by atoms with Crippen molar-refractivity contribution in [2.45, 2.75) is 11.8 Å². The zero-order valence-electron chi connectivity index (χ0n) is 13.5. The van der Waals surface area contributed by atoms with Crippen molar-refractivity contribution in [3.63, 3.8) is 0 Å². The highest BCUT2D eigenvalue weighted by atomic mass is 35.5. The molecule has 2 heterocycles. The minimum Gasteiger partial charge on any atom is -0.497 e. The van der Waals surface area contributed by atoms with Gasteiger partial charge in [0.25, 0.3) is 10.0 Å². The molecule has 3 aromatic rings. The number of hydrogen-bond donors (Lipinski definition) is 1. The van der Waals surface area contributed by atoms with Crippen molar-refractivity contribution in [2.75, 3.05) is 11.8 Å². The lowest BCUT2D eigenvalue weighted by Gasteiger charge is -2.07. The van der Waals surface area contributed by atoms with Crippen LogP contribution in [0.1, 0.15) is 5.56 Å². The number of methoxy groups -OCH3 is 1. The Balaban J connectivity index is 1.87. The normalized spacial score (nSPS) is 11.3. The van der Waals surface area contributed by atoms with Gasteiger partial charge in [-0.2, -0.15) is 5.10 Å². The Morgan fingerprint density at radius 1 is 1.20 bits per heavy atom. The lowest BCUT2D eigenvalue weighted by atomic mass is 10.3. The Morgan fingerprint density at radius 2 is 1.92 bits per heavy atom. The molecule has 130 valence electrons. The summed E-state index contributed by atoms with van der Waals surface area (Å²) in [5.41, 5.74) is 1.31. The molecule has 3 rings (SSSR count). The van der Waals surface area contributed by atoms with Gasteiger partial charge in [-0.05, 0) is 42.8 Å². The smallest absolute Gasteiger partial charge is 0.265 e. The first-order valence-electron chi connectivity index (χ1n) is 7.23. The van der Waals surface area contributed by atoms with Gasteiger partial charge < -0.3 is 4.74 Å². The molecule has 0 spiro atoms. The molecule has 0 atom stereocenters. The van der Waals surface area contributed by atoms with Crippen LogP contribution in [0.3, 0.4) is 0 Å². The number of rotatable bonds is 5. The van der Waals surface area contributed by atoms with Crippen LogP contribution < -0.4 is 9.46 Å². The molecule has 0 aliphatic rings. The van der Waals surface area contributed by atoms with Crippen LogP contribution in [-0.2, 0) is 10.0 Å². The number of nitrogens with zero attached hydrogens (tertiary/aromatic N) is 3. The molecule has 0 unspecified atom stereocenters. The average Bonchev–Trinajstić information content (AvgIpc) is 3.06. The fraction of sp³-hybridized carbons (Fsp3) is 0.125. The van der Waals surface area contributed by atoms with E-state index in [0.717, 1.165) is 5.56 Å². The van der Waals surface area contributed by atoms with Crippen molar-refractivity contribution in [1.29, 1.82) is 0 Å². The maximum Gasteiger partial charge on any atom is 0.265 e. The Morgan fingerprint density at radius 3 is 2.56 bits per heavy atom. The molecule has 25 heavy (non-hydrogen) atoms. The van der Waals surface area contributed by atoms with Crippen molar-refractivity contribution in [3.05, 3.63) is 59.5 Å². The maximum atomic E-state index is 12.5. The van der Waals surface area contributed by atoms with Crippen molar-refractivity contribution >= 4 is 27.3 Å². The summed E-state index contributed by atoms with van der Waals surface area (Å²) >= 11 is 6.15. The first-order chi connectivity index (χ1) is 11.9. The molecule has 9 heteroatoms. The van der Waals surface area contributed by atoms with Crippen LogP contribution in [0.2, 0.25) is 5.02 Å². The van der Waals surface area contributed by atoms with Gasteiger partial charge >= 0.3 is 0 Å². The topological polar surface area (TPSA) is 86.1 Å². The van der Waals surface area contributed by atoms with E-state index in [1.165, 1.54) is 24.2 Å². The molecule has 0 amide bonds. The molecule has 1 N–H and O–H groups in total. The van der Waals surface area contributed by atoms with Crippen molar-refractivity contribution in [2.24, 2.45) is 0 Å². The van der Waals surface area contributed by atoms with Crippen molar-refractivity contribution < 1.29 is 13.2 Å². The largest absolute Gasteiger partial charge is 0.497 e. The van der Waals surface area contributed by atoms with Crippen LogP contribution in [0.15, 0.2) is 53.8 Å². The Labute approximate surface area is 150 Å². The highest BCUT2D eigenvalue weighted by Gasteiger charge is 2.18. The summed E-state index contributed by atoms with van der Waals surface area (Å²) in [4.78, 5) is 4.19. The highest BCUT2D eigenvalue weighted by molar-refractivity contribution is 7.92. The summed E-state index contributed by atoms with van der Waals surface area (Å²) in [5, 5.41) is 4.43. The third-order valence-electron chi connectivity index (χ3n) is 3.39. The van der Waals surface area contributed by atoms with Gasteiger partial charge in [-0.3, -0.25) is 4.72 Å². The summed E-state index contributed by atoms with van der Waals surface area (Å²) in [6.07, 6.45) is 4.23. The number of aromatic nitrogens is 3. The molecule has 0 saturated carbocycles. The van der Waals surface area contributed by atoms with Crippen LogP contribution in [0.25, 0.3) is 5.82 Å². The minimum absolute atomic E-state index is 0.00163. The number of pyridine rings is 1. The van der Waals surface area contributed by atoms with E-state index in [2.05, 4.69) is 14.8 Å². The van der Waals surface area contributed by atoms with Gasteiger partial charge in [0.1, 0.15) is 10.6 Å². The second-order valence-corrected chi connectivity index (χ2v) is 7.36. The molecule has 0 radical (unpaired) electrons. The average molecular weight is 379 g/mol. The number of benzene rings is 1. The molecule has 0 fully saturated rings. The van der Waals surface area contributed by atoms with Gasteiger partial charge in [-0.15, -0.1) is 0 Å². The quantitative estimate of drug-likeness (QED) is 0.737. The lowest BCUT2D eigenvalue weighted by molar-refractivity contribution is 0.415. The van der Waals surface area contributed by atoms with Gasteiger partial charge in [-0.1, -0.05) is 11.6 Å². The Hall–Kier alpha value is -2.58. The molecule has 2 aromatic heterocycles. The van der Waals surface area contributed by atoms with Gasteiger partial charge in [0.05, 0.1) is 24.5 Å². The van der Waals surface area contributed by atoms with Crippen molar-refractivity contribution in [3.8, 4) is 11.6 Å². The predicted molar refractivity (Wildman–Crippen MR) is 94.9 cm³/mol. The number of anilines is 1. The molecular formula is C16H15ClN4O3S. The first-order valence-corrected chi connectivity index (χ1v) is 9.09. The van der Waals surface area contributed by atoms with Crippen LogP contribution in [0.4, 0.5) is 5.69 Å². The number of hydrogen-bond acceptors (Lipinski definition) is 5. The predicted octanol–water partition coefficient (Wildman–Crippen LogP) is 3.04. The summed E-state index contributed by atoms with van der Waals surface area (Å²) in [6, 6.07) is 8.28. The van der Waals surface area contributed by atoms with Gasteiger partial charge in [0.2, 0.25) is 0 Å². The van der Waals surface area contributed by atoms with E-state index in [-0.39, 0.29) is 4.90 Å². The van der Waals surface area contributed by atoms with E-state index < -0.39 is 10.0 Å². The molecule has 0 saturated heterocycles. The Kier molecular flexibility index (Phi) is 4.65. The van der Waals surface area contributed by atoms with E-state index in [1.807, 2.05) is 6.92 Å². The fourth-order valence-electron chi connectivity index (χ4n) is 2.13. The number of nitrogens with one attached hydrogen (secondary N) is 1. The zero-order chi connectivity index (χ0) is 18.0. The van der Waals surface area contributed by atoms with E-state index in [4.69, 9.17) is 16.3 Å². The molecule has 0 bridgehead atoms. The molecule has 0 aliphatic carbocycles. The highest BCUT2D eigenvalue weighted by Crippen LogP contribution is 2.22. The monoisotopic (exact) mass is 378 g/mol. The van der Waals surface area contributed by atoms with E-state index in [9.17, 15) is 8.42 Å². The molecule has 0 aliphatic heterocycles. The molecule has 7 nitrogen and oxygen atoms in total. The summed E-state index contributed by atoms with van der Waals surface area (Å²) in [5.74, 6) is 0.994. The minimum atomic E-state index is -3.79. The lowest BCUT2D eigenvalue weighted by Crippen LogP contribution is -2.12. The fourth-order valence-corrected chi connectivity index (χ4v) is 3.43. The van der Waals surface area contributed by atoms with Gasteiger partial charge in [0.15, 0.2) is 5.82 Å². The summed E-state index contributed by atoms with van der Waals surface area (Å²) in [6.45, 7) is 1.86. The van der Waals surface area contributed by atoms with Crippen molar-refractivity contribution in [1.82, 2.24) is 14.8 Å². The van der Waals surface area contributed by atoms with Crippen LogP contribution in [0.5, 0.6) is 5.75 Å². The molecule has 1 aromatic carbocycles. The standard InChI is InChI=1S/C16H15ClN4O3S/c1-11-7-15(17)16(18-8-11)21-10-14(9-19-21)25(22,23)20-12-3-5-13(24-2)6-4-12/h3-10,20H,1-2H3. The third kappa shape index (κ3) is 3.75. The van der Waals surface area contributed by atoms with Crippen LogP contribution in [0, 0.1) is 6.92 Å². The number of ether oxygens (including phenoxy) is 1. The summed E-state index contributed by atoms with van der Waals surface area (Å²) < 4.78 is 33.8. The molecular weight excluding hydrogens is 364 g/mol. The van der Waals surface area contributed by atoms with E-state index in [0.29, 0.717) is 22.3 Å². The van der Waals surface area contributed by atoms with Gasteiger partial charge in [-0.25, -0.2) is 18.1 Å². The third-order valence-corrected chi connectivity index (χ3v) is 5.00. The van der Waals surface area contributed by atoms with Gasteiger partial charge in [0, 0.05) is 11.9 Å². The Bertz CT molecular complexity index is 1000.